The van der Waals surface area contributed by atoms with Crippen LogP contribution in [0.15, 0.2) is 36.7 Å². The number of nitrogens with one attached hydrogen (secondary N) is 1. The maximum atomic E-state index is 12.4. The van der Waals surface area contributed by atoms with Gasteiger partial charge in [-0.1, -0.05) is 24.3 Å². The molecule has 30 heavy (non-hydrogen) atoms. The fraction of sp³-hybridized carbons (Fsp3) is 0.478. The number of carbonyl (C=O) groups is 2. The Bertz CT molecular complexity index is 892. The molecule has 0 bridgehead atoms. The van der Waals surface area contributed by atoms with E-state index in [9.17, 15) is 14.7 Å². The number of nitrogens with zero attached hydrogens (tertiary/aromatic N) is 3. The molecule has 2 heterocycles. The second-order valence-electron chi connectivity index (χ2n) is 8.54. The van der Waals surface area contributed by atoms with E-state index < -0.39 is 11.4 Å². The number of piperidine rings is 1. The maximum Gasteiger partial charge on any atom is 0.309 e. The number of aliphatic carboxylic acids is 1. The molecule has 1 amide bonds. The normalized spacial score (nSPS) is 14.4. The van der Waals surface area contributed by atoms with E-state index in [-0.39, 0.29) is 5.91 Å². The van der Waals surface area contributed by atoms with Crippen LogP contribution in [0.3, 0.4) is 0 Å². The predicted molar refractivity (Wildman–Crippen MR) is 117 cm³/mol. The lowest BCUT2D eigenvalue weighted by atomic mass is 9.85. The smallest absolute Gasteiger partial charge is 0.309 e. The van der Waals surface area contributed by atoms with Crippen LogP contribution in [0, 0.1) is 5.41 Å². The lowest BCUT2D eigenvalue weighted by Gasteiger charge is -2.27. The largest absolute Gasteiger partial charge is 0.481 e. The van der Waals surface area contributed by atoms with Gasteiger partial charge >= 0.3 is 5.97 Å². The third-order valence-electron chi connectivity index (χ3n) is 5.43. The minimum atomic E-state index is -0.825. The Kier molecular flexibility index (Phi) is 7.03. The molecule has 1 aromatic heterocycles. The Morgan fingerprint density at radius 2 is 1.87 bits per heavy atom. The third kappa shape index (κ3) is 6.02. The van der Waals surface area contributed by atoms with Crippen LogP contribution >= 0.6 is 0 Å². The SMILES string of the molecule is CC(C)(Cc1cccc(CCC(=O)Nc2cncc(N3CCCCC3)n2)c1)C(=O)O. The van der Waals surface area contributed by atoms with E-state index in [0.717, 1.165) is 42.9 Å². The molecule has 0 spiro atoms. The molecule has 7 heteroatoms. The van der Waals surface area contributed by atoms with Crippen molar-refractivity contribution in [3.05, 3.63) is 47.8 Å². The second kappa shape index (κ2) is 9.69. The molecule has 0 atom stereocenters. The van der Waals surface area contributed by atoms with Crippen molar-refractivity contribution in [3.63, 3.8) is 0 Å². The highest BCUT2D eigenvalue weighted by Gasteiger charge is 2.27. The van der Waals surface area contributed by atoms with Crippen LogP contribution in [0.4, 0.5) is 11.6 Å². The first-order chi connectivity index (χ1) is 14.3. The number of hydrogen-bond acceptors (Lipinski definition) is 5. The van der Waals surface area contributed by atoms with Gasteiger partial charge in [-0.3, -0.25) is 14.6 Å². The molecule has 1 fully saturated rings. The van der Waals surface area contributed by atoms with Crippen molar-refractivity contribution in [3.8, 4) is 0 Å². The number of aromatic nitrogens is 2. The summed E-state index contributed by atoms with van der Waals surface area (Å²) in [6.07, 6.45) is 8.21. The Hall–Kier alpha value is -2.96. The molecule has 3 rings (SSSR count). The fourth-order valence-electron chi connectivity index (χ4n) is 3.64. The first-order valence-electron chi connectivity index (χ1n) is 10.5. The molecule has 2 N–H and O–H groups in total. The first-order valence-corrected chi connectivity index (χ1v) is 10.5. The van der Waals surface area contributed by atoms with E-state index in [4.69, 9.17) is 0 Å². The molecule has 7 nitrogen and oxygen atoms in total. The molecule has 0 unspecified atom stereocenters. The summed E-state index contributed by atoms with van der Waals surface area (Å²) < 4.78 is 0. The number of rotatable bonds is 8. The number of carboxylic acid groups (broad SMARTS) is 1. The van der Waals surface area contributed by atoms with Crippen LogP contribution in [0.1, 0.15) is 50.7 Å². The van der Waals surface area contributed by atoms with Crippen molar-refractivity contribution in [2.75, 3.05) is 23.3 Å². The summed E-state index contributed by atoms with van der Waals surface area (Å²) in [5.74, 6) is 0.345. The predicted octanol–water partition coefficient (Wildman–Crippen LogP) is 3.69. The van der Waals surface area contributed by atoms with E-state index in [0.29, 0.717) is 25.1 Å². The zero-order valence-electron chi connectivity index (χ0n) is 17.7. The zero-order chi connectivity index (χ0) is 21.6. The standard InChI is InChI=1S/C23H30N4O3/c1-23(2,22(29)30)14-18-8-6-7-17(13-18)9-10-21(28)26-19-15-24-16-20(25-19)27-11-4-3-5-12-27/h6-8,13,15-16H,3-5,9-12,14H2,1-2H3,(H,29,30)(H,25,26,28). The van der Waals surface area contributed by atoms with Crippen molar-refractivity contribution >= 4 is 23.5 Å². The molecule has 1 aromatic carbocycles. The summed E-state index contributed by atoms with van der Waals surface area (Å²) in [6, 6.07) is 7.78. The van der Waals surface area contributed by atoms with E-state index in [1.165, 1.54) is 6.42 Å². The Labute approximate surface area is 177 Å². The number of hydrogen-bond donors (Lipinski definition) is 2. The molecule has 160 valence electrons. The lowest BCUT2D eigenvalue weighted by molar-refractivity contribution is -0.146. The van der Waals surface area contributed by atoms with Gasteiger partial charge in [0.05, 0.1) is 17.8 Å². The average molecular weight is 411 g/mol. The number of aryl methyl sites for hydroxylation is 1. The molecular weight excluding hydrogens is 380 g/mol. The van der Waals surface area contributed by atoms with Gasteiger partial charge in [-0.15, -0.1) is 0 Å². The molecule has 1 aliphatic rings. The van der Waals surface area contributed by atoms with Crippen LogP contribution in [-0.2, 0) is 22.4 Å². The van der Waals surface area contributed by atoms with E-state index >= 15 is 0 Å². The number of amides is 1. The highest BCUT2D eigenvalue weighted by atomic mass is 16.4. The Morgan fingerprint density at radius 1 is 1.13 bits per heavy atom. The second-order valence-corrected chi connectivity index (χ2v) is 8.54. The van der Waals surface area contributed by atoms with Gasteiger partial charge < -0.3 is 15.3 Å². The zero-order valence-corrected chi connectivity index (χ0v) is 17.7. The summed E-state index contributed by atoms with van der Waals surface area (Å²) >= 11 is 0. The first kappa shape index (κ1) is 21.7. The topological polar surface area (TPSA) is 95.4 Å². The minimum Gasteiger partial charge on any atom is -0.481 e. The molecule has 1 aliphatic heterocycles. The van der Waals surface area contributed by atoms with Crippen molar-refractivity contribution < 1.29 is 14.7 Å². The summed E-state index contributed by atoms with van der Waals surface area (Å²) in [5, 5.41) is 12.2. The fourth-order valence-corrected chi connectivity index (χ4v) is 3.64. The van der Waals surface area contributed by atoms with Crippen molar-refractivity contribution in [2.45, 2.75) is 52.4 Å². The van der Waals surface area contributed by atoms with E-state index in [1.807, 2.05) is 24.3 Å². The third-order valence-corrected chi connectivity index (χ3v) is 5.43. The molecular formula is C23H30N4O3. The van der Waals surface area contributed by atoms with Gasteiger partial charge in [0.2, 0.25) is 5.91 Å². The molecule has 0 aliphatic carbocycles. The van der Waals surface area contributed by atoms with Gasteiger partial charge in [0.25, 0.3) is 0 Å². The number of anilines is 2. The molecule has 2 aromatic rings. The number of carbonyl (C=O) groups excluding carboxylic acids is 1. The summed E-state index contributed by atoms with van der Waals surface area (Å²) in [7, 11) is 0. The Morgan fingerprint density at radius 3 is 2.60 bits per heavy atom. The van der Waals surface area contributed by atoms with Gasteiger partial charge in [-0.2, -0.15) is 0 Å². The number of carboxylic acids is 1. The van der Waals surface area contributed by atoms with Crippen LogP contribution in [0.2, 0.25) is 0 Å². The average Bonchev–Trinajstić information content (AvgIpc) is 2.73. The van der Waals surface area contributed by atoms with Crippen molar-refractivity contribution in [1.82, 2.24) is 9.97 Å². The van der Waals surface area contributed by atoms with Crippen molar-refractivity contribution in [2.24, 2.45) is 5.41 Å². The van der Waals surface area contributed by atoms with Crippen LogP contribution in [0.5, 0.6) is 0 Å². The summed E-state index contributed by atoms with van der Waals surface area (Å²) in [4.78, 5) is 34.7. The van der Waals surface area contributed by atoms with Gasteiger partial charge in [-0.05, 0) is 57.1 Å². The molecule has 0 radical (unpaired) electrons. The van der Waals surface area contributed by atoms with Gasteiger partial charge in [0.15, 0.2) is 5.82 Å². The van der Waals surface area contributed by atoms with Crippen LogP contribution in [0.25, 0.3) is 0 Å². The van der Waals surface area contributed by atoms with Crippen molar-refractivity contribution in [1.29, 1.82) is 0 Å². The molecule has 0 saturated carbocycles. The Balaban J connectivity index is 1.55. The van der Waals surface area contributed by atoms with E-state index in [2.05, 4.69) is 20.2 Å². The monoisotopic (exact) mass is 410 g/mol. The minimum absolute atomic E-state index is 0.114. The van der Waals surface area contributed by atoms with Crippen LogP contribution < -0.4 is 10.2 Å². The summed E-state index contributed by atoms with van der Waals surface area (Å²) in [6.45, 7) is 5.38. The summed E-state index contributed by atoms with van der Waals surface area (Å²) in [5.41, 5.74) is 1.14. The molecule has 1 saturated heterocycles. The highest BCUT2D eigenvalue weighted by molar-refractivity contribution is 5.89. The van der Waals surface area contributed by atoms with Crippen LogP contribution in [-0.4, -0.2) is 40.0 Å². The number of benzene rings is 1. The quantitative estimate of drug-likeness (QED) is 0.689. The van der Waals surface area contributed by atoms with E-state index in [1.54, 1.807) is 26.2 Å². The lowest BCUT2D eigenvalue weighted by Crippen LogP contribution is -2.30. The maximum absolute atomic E-state index is 12.4. The highest BCUT2D eigenvalue weighted by Crippen LogP contribution is 2.23. The van der Waals surface area contributed by atoms with Gasteiger partial charge in [0.1, 0.15) is 5.82 Å². The van der Waals surface area contributed by atoms with Gasteiger partial charge in [-0.25, -0.2) is 4.98 Å². The van der Waals surface area contributed by atoms with Gasteiger partial charge in [0, 0.05) is 19.5 Å².